The molecule has 0 saturated carbocycles. The number of benzene rings is 1. The molecule has 0 saturated heterocycles. The van der Waals surface area contributed by atoms with Crippen molar-refractivity contribution in [3.8, 4) is 0 Å². The van der Waals surface area contributed by atoms with Gasteiger partial charge >= 0.3 is 0 Å². The summed E-state index contributed by atoms with van der Waals surface area (Å²) < 4.78 is 0. The molecule has 0 aliphatic heterocycles. The molecule has 1 amide bonds. The van der Waals surface area contributed by atoms with Crippen molar-refractivity contribution in [3.63, 3.8) is 0 Å². The summed E-state index contributed by atoms with van der Waals surface area (Å²) in [5.74, 6) is -0.0425. The lowest BCUT2D eigenvalue weighted by Gasteiger charge is -2.10. The molecular formula is C14H20N2O. The summed E-state index contributed by atoms with van der Waals surface area (Å²) in [5.41, 5.74) is 2.77. The molecule has 0 bridgehead atoms. The summed E-state index contributed by atoms with van der Waals surface area (Å²) in [5, 5.41) is 6.05. The number of para-hydroxylation sites is 1. The minimum Gasteiger partial charge on any atom is -0.385 e. The SMILES string of the molecule is CCNc1ccccc1C(=O)NCC=C(C)C. The van der Waals surface area contributed by atoms with Crippen molar-refractivity contribution in [2.75, 3.05) is 18.4 Å². The van der Waals surface area contributed by atoms with Gasteiger partial charge in [-0.2, -0.15) is 0 Å². The van der Waals surface area contributed by atoms with E-state index in [0.29, 0.717) is 12.1 Å². The van der Waals surface area contributed by atoms with Crippen LogP contribution in [0.1, 0.15) is 31.1 Å². The number of hydrogen-bond acceptors (Lipinski definition) is 2. The minimum atomic E-state index is -0.0425. The average molecular weight is 232 g/mol. The highest BCUT2D eigenvalue weighted by Gasteiger charge is 2.08. The van der Waals surface area contributed by atoms with Gasteiger partial charge in [-0.05, 0) is 32.9 Å². The Balaban J connectivity index is 2.71. The fraction of sp³-hybridized carbons (Fsp3) is 0.357. The zero-order chi connectivity index (χ0) is 12.7. The number of carbonyl (C=O) groups is 1. The molecular weight excluding hydrogens is 212 g/mol. The highest BCUT2D eigenvalue weighted by atomic mass is 16.1. The van der Waals surface area contributed by atoms with Crippen LogP contribution in [0.5, 0.6) is 0 Å². The van der Waals surface area contributed by atoms with E-state index >= 15 is 0 Å². The monoisotopic (exact) mass is 232 g/mol. The van der Waals surface area contributed by atoms with Gasteiger partial charge in [-0.25, -0.2) is 0 Å². The second-order valence-corrected chi connectivity index (χ2v) is 4.07. The van der Waals surface area contributed by atoms with Gasteiger partial charge in [0.1, 0.15) is 0 Å². The van der Waals surface area contributed by atoms with Gasteiger partial charge in [-0.3, -0.25) is 4.79 Å². The molecule has 3 heteroatoms. The molecule has 1 aromatic rings. The summed E-state index contributed by atoms with van der Waals surface area (Å²) in [6, 6.07) is 7.54. The first kappa shape index (κ1) is 13.3. The summed E-state index contributed by atoms with van der Waals surface area (Å²) in [7, 11) is 0. The third-order valence-electron chi connectivity index (χ3n) is 2.31. The second-order valence-electron chi connectivity index (χ2n) is 4.07. The van der Waals surface area contributed by atoms with Crippen molar-refractivity contribution >= 4 is 11.6 Å². The number of amides is 1. The third-order valence-corrected chi connectivity index (χ3v) is 2.31. The summed E-state index contributed by atoms with van der Waals surface area (Å²) in [6.45, 7) is 7.41. The van der Waals surface area contributed by atoms with E-state index in [1.54, 1.807) is 0 Å². The molecule has 2 N–H and O–H groups in total. The Bertz CT molecular complexity index is 406. The Hall–Kier alpha value is -1.77. The van der Waals surface area contributed by atoms with Crippen molar-refractivity contribution in [3.05, 3.63) is 41.5 Å². The molecule has 0 heterocycles. The predicted molar refractivity (Wildman–Crippen MR) is 72.4 cm³/mol. The molecule has 0 atom stereocenters. The van der Waals surface area contributed by atoms with Crippen LogP contribution in [-0.2, 0) is 0 Å². The summed E-state index contributed by atoms with van der Waals surface area (Å²) in [6.07, 6.45) is 1.99. The van der Waals surface area contributed by atoms with E-state index < -0.39 is 0 Å². The Morgan fingerprint density at radius 1 is 1.29 bits per heavy atom. The molecule has 1 aromatic carbocycles. The fourth-order valence-electron chi connectivity index (χ4n) is 1.47. The first-order chi connectivity index (χ1) is 8.15. The lowest BCUT2D eigenvalue weighted by atomic mass is 10.1. The number of nitrogens with one attached hydrogen (secondary N) is 2. The molecule has 0 aliphatic rings. The van der Waals surface area contributed by atoms with Gasteiger partial charge in [-0.15, -0.1) is 0 Å². The van der Waals surface area contributed by atoms with Crippen LogP contribution < -0.4 is 10.6 Å². The van der Waals surface area contributed by atoms with Gasteiger partial charge < -0.3 is 10.6 Å². The van der Waals surface area contributed by atoms with E-state index in [2.05, 4.69) is 10.6 Å². The quantitative estimate of drug-likeness (QED) is 0.766. The number of anilines is 1. The lowest BCUT2D eigenvalue weighted by Crippen LogP contribution is -2.24. The minimum absolute atomic E-state index is 0.0425. The fourth-order valence-corrected chi connectivity index (χ4v) is 1.47. The zero-order valence-electron chi connectivity index (χ0n) is 10.7. The second kappa shape index (κ2) is 6.74. The van der Waals surface area contributed by atoms with Crippen LogP contribution in [-0.4, -0.2) is 19.0 Å². The maximum Gasteiger partial charge on any atom is 0.253 e. The van der Waals surface area contributed by atoms with E-state index in [9.17, 15) is 4.79 Å². The third kappa shape index (κ3) is 4.31. The normalized spacial score (nSPS) is 9.59. The van der Waals surface area contributed by atoms with E-state index in [4.69, 9.17) is 0 Å². The van der Waals surface area contributed by atoms with Crippen LogP contribution in [0.4, 0.5) is 5.69 Å². The lowest BCUT2D eigenvalue weighted by molar-refractivity contribution is 0.0959. The van der Waals surface area contributed by atoms with Crippen molar-refractivity contribution in [1.29, 1.82) is 0 Å². The molecule has 0 spiro atoms. The number of carbonyl (C=O) groups excluding carboxylic acids is 1. The topological polar surface area (TPSA) is 41.1 Å². The van der Waals surface area contributed by atoms with Crippen LogP contribution in [0, 0.1) is 0 Å². The molecule has 17 heavy (non-hydrogen) atoms. The zero-order valence-corrected chi connectivity index (χ0v) is 10.7. The average Bonchev–Trinajstić information content (AvgIpc) is 2.29. The Labute approximate surface area is 103 Å². The van der Waals surface area contributed by atoms with Crippen molar-refractivity contribution in [2.45, 2.75) is 20.8 Å². The number of rotatable bonds is 5. The number of hydrogen-bond donors (Lipinski definition) is 2. The highest BCUT2D eigenvalue weighted by Crippen LogP contribution is 2.14. The van der Waals surface area contributed by atoms with Crippen LogP contribution in [0.25, 0.3) is 0 Å². The highest BCUT2D eigenvalue weighted by molar-refractivity contribution is 5.99. The first-order valence-electron chi connectivity index (χ1n) is 5.89. The molecule has 0 radical (unpaired) electrons. The number of allylic oxidation sites excluding steroid dienone is 1. The van der Waals surface area contributed by atoms with Crippen LogP contribution in [0.3, 0.4) is 0 Å². The van der Waals surface area contributed by atoms with Gasteiger partial charge in [0.15, 0.2) is 0 Å². The maximum atomic E-state index is 11.9. The molecule has 0 fully saturated rings. The largest absolute Gasteiger partial charge is 0.385 e. The molecule has 0 aromatic heterocycles. The van der Waals surface area contributed by atoms with Gasteiger partial charge in [-0.1, -0.05) is 23.8 Å². The van der Waals surface area contributed by atoms with Crippen LogP contribution in [0.2, 0.25) is 0 Å². The van der Waals surface area contributed by atoms with Crippen molar-refractivity contribution in [1.82, 2.24) is 5.32 Å². The molecule has 3 nitrogen and oxygen atoms in total. The first-order valence-corrected chi connectivity index (χ1v) is 5.89. The molecule has 0 unspecified atom stereocenters. The van der Waals surface area contributed by atoms with Crippen molar-refractivity contribution in [2.24, 2.45) is 0 Å². The summed E-state index contributed by atoms with van der Waals surface area (Å²) in [4.78, 5) is 11.9. The molecule has 0 aliphatic carbocycles. The van der Waals surface area contributed by atoms with E-state index in [-0.39, 0.29) is 5.91 Å². The standard InChI is InChI=1S/C14H20N2O/c1-4-15-13-8-6-5-7-12(13)14(17)16-10-9-11(2)3/h5-9,15H,4,10H2,1-3H3,(H,16,17). The van der Waals surface area contributed by atoms with Crippen LogP contribution in [0.15, 0.2) is 35.9 Å². The maximum absolute atomic E-state index is 11.9. The van der Waals surface area contributed by atoms with E-state index in [0.717, 1.165) is 12.2 Å². The van der Waals surface area contributed by atoms with E-state index in [1.807, 2.05) is 51.1 Å². The molecule has 1 rings (SSSR count). The predicted octanol–water partition coefficient (Wildman–Crippen LogP) is 2.81. The molecule has 92 valence electrons. The van der Waals surface area contributed by atoms with E-state index in [1.165, 1.54) is 5.57 Å². The van der Waals surface area contributed by atoms with Crippen LogP contribution >= 0.6 is 0 Å². The summed E-state index contributed by atoms with van der Waals surface area (Å²) >= 11 is 0. The Kier molecular flexibility index (Phi) is 5.27. The van der Waals surface area contributed by atoms with Gasteiger partial charge in [0, 0.05) is 18.8 Å². The Morgan fingerprint density at radius 2 is 2.00 bits per heavy atom. The van der Waals surface area contributed by atoms with Gasteiger partial charge in [0.2, 0.25) is 0 Å². The van der Waals surface area contributed by atoms with Gasteiger partial charge in [0.05, 0.1) is 5.56 Å². The Morgan fingerprint density at radius 3 is 2.65 bits per heavy atom. The van der Waals surface area contributed by atoms with Crippen molar-refractivity contribution < 1.29 is 4.79 Å². The smallest absolute Gasteiger partial charge is 0.253 e. The van der Waals surface area contributed by atoms with Gasteiger partial charge in [0.25, 0.3) is 5.91 Å².